The lowest BCUT2D eigenvalue weighted by Gasteiger charge is -2.31. The minimum absolute atomic E-state index is 0.0304. The highest BCUT2D eigenvalue weighted by atomic mass is 19.1. The summed E-state index contributed by atoms with van der Waals surface area (Å²) in [6.07, 6.45) is 1.24. The second kappa shape index (κ2) is 10.8. The fourth-order valence-electron chi connectivity index (χ4n) is 3.81. The molecule has 35 heavy (non-hydrogen) atoms. The molecule has 0 aliphatic carbocycles. The molecule has 182 valence electrons. The van der Waals surface area contributed by atoms with Gasteiger partial charge in [-0.2, -0.15) is 15.0 Å². The van der Waals surface area contributed by atoms with Gasteiger partial charge in [-0.25, -0.2) is 4.39 Å². The molecule has 1 aromatic heterocycles. The number of halogens is 1. The maximum Gasteiger partial charge on any atom is 0.311 e. The van der Waals surface area contributed by atoms with E-state index >= 15 is 0 Å². The molecule has 4 rings (SSSR count). The van der Waals surface area contributed by atoms with E-state index in [-0.39, 0.29) is 36.8 Å². The first-order valence-electron chi connectivity index (χ1n) is 11.0. The van der Waals surface area contributed by atoms with E-state index < -0.39 is 17.7 Å². The molecule has 3 aromatic rings. The second-order valence-corrected chi connectivity index (χ2v) is 7.96. The molecule has 10 nitrogen and oxygen atoms in total. The summed E-state index contributed by atoms with van der Waals surface area (Å²) in [7, 11) is 1.55. The molecule has 1 atom stereocenters. The maximum absolute atomic E-state index is 13.2. The normalized spacial score (nSPS) is 15.4. The van der Waals surface area contributed by atoms with Crippen molar-refractivity contribution >= 4 is 29.5 Å². The van der Waals surface area contributed by atoms with Gasteiger partial charge >= 0.3 is 5.97 Å². The van der Waals surface area contributed by atoms with Crippen LogP contribution in [-0.4, -0.2) is 51.9 Å². The third kappa shape index (κ3) is 5.99. The van der Waals surface area contributed by atoms with E-state index in [4.69, 9.17) is 15.2 Å². The summed E-state index contributed by atoms with van der Waals surface area (Å²) in [5.74, 6) is -0.686. The van der Waals surface area contributed by atoms with Gasteiger partial charge in [0.15, 0.2) is 12.4 Å². The number of hydrogen-bond acceptors (Lipinski definition) is 9. The van der Waals surface area contributed by atoms with Gasteiger partial charge in [0.1, 0.15) is 11.6 Å². The van der Waals surface area contributed by atoms with E-state index in [0.717, 1.165) is 0 Å². The molecule has 0 spiro atoms. The number of piperidine rings is 1. The van der Waals surface area contributed by atoms with E-state index in [1.807, 2.05) is 12.1 Å². The molecule has 0 unspecified atom stereocenters. The van der Waals surface area contributed by atoms with Crippen molar-refractivity contribution in [1.29, 1.82) is 0 Å². The van der Waals surface area contributed by atoms with Crippen molar-refractivity contribution in [3.63, 3.8) is 0 Å². The smallest absolute Gasteiger partial charge is 0.311 e. The highest BCUT2D eigenvalue weighted by Crippen LogP contribution is 2.26. The zero-order chi connectivity index (χ0) is 24.8. The number of carbonyl (C=O) groups excluding carboxylic acids is 2. The number of para-hydroxylation sites is 2. The average molecular weight is 481 g/mol. The van der Waals surface area contributed by atoms with E-state index in [1.165, 1.54) is 24.3 Å². The highest BCUT2D eigenvalue weighted by molar-refractivity contribution is 5.94. The molecule has 3 N–H and O–H groups in total. The number of nitrogen functional groups attached to an aromatic ring is 1. The molecule has 11 heteroatoms. The van der Waals surface area contributed by atoms with E-state index in [1.54, 1.807) is 24.1 Å². The number of carbonyl (C=O) groups is 2. The SMILES string of the molecule is COc1ccccc1Nc1nc(N)nc(COC(=O)[C@@H]2CCCN(C(=O)c3ccc(F)cc3)C2)n1. The Hall–Kier alpha value is -4.28. The first-order chi connectivity index (χ1) is 16.9. The maximum atomic E-state index is 13.2. The van der Waals surface area contributed by atoms with Gasteiger partial charge in [-0.3, -0.25) is 9.59 Å². The van der Waals surface area contributed by atoms with Crippen molar-refractivity contribution < 1.29 is 23.5 Å². The lowest BCUT2D eigenvalue weighted by Crippen LogP contribution is -2.42. The van der Waals surface area contributed by atoms with Crippen LogP contribution in [0.25, 0.3) is 0 Å². The minimum atomic E-state index is -0.487. The molecular formula is C24H25FN6O4. The van der Waals surface area contributed by atoms with Crippen LogP contribution in [0.5, 0.6) is 5.75 Å². The summed E-state index contributed by atoms with van der Waals surface area (Å²) >= 11 is 0. The van der Waals surface area contributed by atoms with Gasteiger partial charge in [-0.05, 0) is 49.2 Å². The van der Waals surface area contributed by atoms with Crippen molar-refractivity contribution in [2.75, 3.05) is 31.2 Å². The molecule has 1 amide bonds. The fourth-order valence-corrected chi connectivity index (χ4v) is 3.81. The zero-order valence-electron chi connectivity index (χ0n) is 19.1. The van der Waals surface area contributed by atoms with Crippen LogP contribution in [0.2, 0.25) is 0 Å². The van der Waals surface area contributed by atoms with Gasteiger partial charge in [0.2, 0.25) is 11.9 Å². The van der Waals surface area contributed by atoms with Crippen LogP contribution in [0.4, 0.5) is 22.0 Å². The standard InChI is InChI=1S/C24H25FN6O4/c1-34-19-7-3-2-6-18(19)27-24-29-20(28-23(26)30-24)14-35-22(33)16-5-4-12-31(13-16)21(32)15-8-10-17(25)11-9-15/h2-3,6-11,16H,4-5,12-14H2,1H3,(H3,26,27,28,29,30)/t16-/m1/s1. The number of anilines is 3. The number of hydrogen-bond donors (Lipinski definition) is 2. The number of likely N-dealkylation sites (tertiary alicyclic amines) is 1. The summed E-state index contributed by atoms with van der Waals surface area (Å²) in [6, 6.07) is 12.6. The van der Waals surface area contributed by atoms with Gasteiger partial charge in [0.25, 0.3) is 5.91 Å². The molecule has 0 bridgehead atoms. The predicted molar refractivity (Wildman–Crippen MR) is 125 cm³/mol. The quantitative estimate of drug-likeness (QED) is 0.490. The lowest BCUT2D eigenvalue weighted by atomic mass is 9.97. The summed E-state index contributed by atoms with van der Waals surface area (Å²) in [6.45, 7) is 0.533. The Labute approximate surface area is 201 Å². The number of rotatable bonds is 7. The number of methoxy groups -OCH3 is 1. The van der Waals surface area contributed by atoms with Gasteiger partial charge in [-0.15, -0.1) is 0 Å². The minimum Gasteiger partial charge on any atom is -0.495 e. The number of esters is 1. The van der Waals surface area contributed by atoms with Crippen LogP contribution in [0.15, 0.2) is 48.5 Å². The lowest BCUT2D eigenvalue weighted by molar-refractivity contribution is -0.151. The molecule has 0 saturated carbocycles. The number of aromatic nitrogens is 3. The van der Waals surface area contributed by atoms with Gasteiger partial charge in [-0.1, -0.05) is 12.1 Å². The predicted octanol–water partition coefficient (Wildman–Crippen LogP) is 2.94. The zero-order valence-corrected chi connectivity index (χ0v) is 19.1. The Bertz CT molecular complexity index is 1210. The Balaban J connectivity index is 1.37. The van der Waals surface area contributed by atoms with E-state index in [9.17, 15) is 14.0 Å². The Morgan fingerprint density at radius 2 is 1.91 bits per heavy atom. The molecule has 1 aliphatic heterocycles. The van der Waals surface area contributed by atoms with Gasteiger partial charge in [0.05, 0.1) is 18.7 Å². The summed E-state index contributed by atoms with van der Waals surface area (Å²) in [5.41, 5.74) is 6.81. The Morgan fingerprint density at radius 3 is 2.69 bits per heavy atom. The Kier molecular flexibility index (Phi) is 7.34. The van der Waals surface area contributed by atoms with Crippen molar-refractivity contribution in [2.45, 2.75) is 19.4 Å². The number of amides is 1. The van der Waals surface area contributed by atoms with Crippen LogP contribution in [0.1, 0.15) is 29.0 Å². The van der Waals surface area contributed by atoms with Crippen molar-refractivity contribution in [3.8, 4) is 5.75 Å². The number of ether oxygens (including phenoxy) is 2. The molecule has 2 heterocycles. The topological polar surface area (TPSA) is 133 Å². The van der Waals surface area contributed by atoms with Crippen LogP contribution in [-0.2, 0) is 16.1 Å². The number of nitrogens with zero attached hydrogens (tertiary/aromatic N) is 4. The summed E-state index contributed by atoms with van der Waals surface area (Å²) in [5, 5.41) is 3.02. The first kappa shape index (κ1) is 23.9. The van der Waals surface area contributed by atoms with Crippen LogP contribution < -0.4 is 15.8 Å². The summed E-state index contributed by atoms with van der Waals surface area (Å²) in [4.78, 5) is 39.4. The first-order valence-corrected chi connectivity index (χ1v) is 11.0. The Morgan fingerprint density at radius 1 is 1.14 bits per heavy atom. The molecule has 2 aromatic carbocycles. The van der Waals surface area contributed by atoms with Crippen LogP contribution in [0.3, 0.4) is 0 Å². The van der Waals surface area contributed by atoms with Crippen LogP contribution >= 0.6 is 0 Å². The number of nitrogens with two attached hydrogens (primary N) is 1. The molecule has 0 radical (unpaired) electrons. The monoisotopic (exact) mass is 480 g/mol. The van der Waals surface area contributed by atoms with Crippen molar-refractivity contribution in [2.24, 2.45) is 5.92 Å². The van der Waals surface area contributed by atoms with Crippen molar-refractivity contribution in [1.82, 2.24) is 19.9 Å². The molecule has 1 aliphatic rings. The summed E-state index contributed by atoms with van der Waals surface area (Å²) < 4.78 is 23.9. The average Bonchev–Trinajstić information content (AvgIpc) is 2.87. The van der Waals surface area contributed by atoms with Crippen LogP contribution in [0, 0.1) is 11.7 Å². The van der Waals surface area contributed by atoms with Crippen molar-refractivity contribution in [3.05, 3.63) is 65.7 Å². The highest BCUT2D eigenvalue weighted by Gasteiger charge is 2.30. The molecule has 1 fully saturated rings. The van der Waals surface area contributed by atoms with Gasteiger partial charge in [0, 0.05) is 18.7 Å². The third-order valence-corrected chi connectivity index (χ3v) is 5.53. The molecule has 1 saturated heterocycles. The van der Waals surface area contributed by atoms with E-state index in [2.05, 4.69) is 20.3 Å². The molecular weight excluding hydrogens is 455 g/mol. The number of nitrogens with one attached hydrogen (secondary N) is 1. The largest absolute Gasteiger partial charge is 0.495 e. The number of benzene rings is 2. The van der Waals surface area contributed by atoms with E-state index in [0.29, 0.717) is 36.4 Å². The third-order valence-electron chi connectivity index (χ3n) is 5.53. The fraction of sp³-hybridized carbons (Fsp3) is 0.292. The van der Waals surface area contributed by atoms with Gasteiger partial charge < -0.3 is 25.4 Å². The second-order valence-electron chi connectivity index (χ2n) is 7.96.